The van der Waals surface area contributed by atoms with Crippen molar-refractivity contribution in [3.8, 4) is 0 Å². The smallest absolute Gasteiger partial charge is 0.225 e. The maximum atomic E-state index is 4.66. The van der Waals surface area contributed by atoms with Crippen LogP contribution in [0.4, 0.5) is 11.8 Å². The molecule has 0 radical (unpaired) electrons. The first kappa shape index (κ1) is 13.9. The van der Waals surface area contributed by atoms with E-state index < -0.39 is 0 Å². The quantitative estimate of drug-likeness (QED) is 0.714. The molecule has 3 aromatic heterocycles. The summed E-state index contributed by atoms with van der Waals surface area (Å²) in [4.78, 5) is 17.8. The standard InChI is InChI=1S/C16H19N7/c1-12-5-6-17-16(19-12)22-9-7-21(8-10-22)15-4-3-14-18-13(2)11-23(14)20-15/h3-6,11H,7-10H2,1-2H3. The molecule has 0 aliphatic carbocycles. The van der Waals surface area contributed by atoms with Crippen LogP contribution in [0.1, 0.15) is 11.4 Å². The fourth-order valence-corrected chi connectivity index (χ4v) is 2.88. The topological polar surface area (TPSA) is 62.5 Å². The minimum atomic E-state index is 0.818. The first-order valence-corrected chi connectivity index (χ1v) is 7.82. The molecular weight excluding hydrogens is 290 g/mol. The highest BCUT2D eigenvalue weighted by Gasteiger charge is 2.20. The summed E-state index contributed by atoms with van der Waals surface area (Å²) >= 11 is 0. The molecule has 7 nitrogen and oxygen atoms in total. The van der Waals surface area contributed by atoms with Crippen LogP contribution in [0.5, 0.6) is 0 Å². The van der Waals surface area contributed by atoms with E-state index in [9.17, 15) is 0 Å². The van der Waals surface area contributed by atoms with E-state index in [4.69, 9.17) is 0 Å². The lowest BCUT2D eigenvalue weighted by Gasteiger charge is -2.35. The first-order chi connectivity index (χ1) is 11.2. The van der Waals surface area contributed by atoms with Crippen molar-refractivity contribution in [2.75, 3.05) is 36.0 Å². The predicted molar refractivity (Wildman–Crippen MR) is 88.9 cm³/mol. The van der Waals surface area contributed by atoms with E-state index in [1.165, 1.54) is 0 Å². The molecule has 1 fully saturated rings. The molecule has 0 bridgehead atoms. The highest BCUT2D eigenvalue weighted by Crippen LogP contribution is 2.17. The van der Waals surface area contributed by atoms with Crippen LogP contribution in [0.2, 0.25) is 0 Å². The number of piperazine rings is 1. The first-order valence-electron chi connectivity index (χ1n) is 7.82. The maximum absolute atomic E-state index is 4.66. The fourth-order valence-electron chi connectivity index (χ4n) is 2.88. The zero-order chi connectivity index (χ0) is 15.8. The number of aryl methyl sites for hydroxylation is 2. The molecule has 4 heterocycles. The molecule has 1 aliphatic heterocycles. The van der Waals surface area contributed by atoms with Gasteiger partial charge >= 0.3 is 0 Å². The Balaban J connectivity index is 1.49. The Labute approximate surface area is 134 Å². The Hall–Kier alpha value is -2.70. The molecule has 4 rings (SSSR count). The molecule has 0 amide bonds. The fraction of sp³-hybridized carbons (Fsp3) is 0.375. The van der Waals surface area contributed by atoms with E-state index in [0.717, 1.165) is 55.0 Å². The SMILES string of the molecule is Cc1ccnc(N2CCN(c3ccc4nc(C)cn4n3)CC2)n1. The number of anilines is 2. The highest BCUT2D eigenvalue weighted by molar-refractivity contribution is 5.48. The molecular formula is C16H19N7. The molecule has 0 N–H and O–H groups in total. The van der Waals surface area contributed by atoms with Crippen molar-refractivity contribution in [2.45, 2.75) is 13.8 Å². The van der Waals surface area contributed by atoms with Crippen LogP contribution in [-0.2, 0) is 0 Å². The van der Waals surface area contributed by atoms with Gasteiger partial charge in [0.25, 0.3) is 0 Å². The van der Waals surface area contributed by atoms with Crippen molar-refractivity contribution in [3.63, 3.8) is 0 Å². The second-order valence-electron chi connectivity index (χ2n) is 5.85. The highest BCUT2D eigenvalue weighted by atomic mass is 15.4. The Bertz CT molecular complexity index is 833. The van der Waals surface area contributed by atoms with Crippen molar-refractivity contribution < 1.29 is 0 Å². The predicted octanol–water partition coefficient (Wildman–Crippen LogP) is 1.46. The van der Waals surface area contributed by atoms with Crippen molar-refractivity contribution in [1.82, 2.24) is 24.6 Å². The Kier molecular flexibility index (Phi) is 3.33. The van der Waals surface area contributed by atoms with Crippen molar-refractivity contribution in [1.29, 1.82) is 0 Å². The van der Waals surface area contributed by atoms with Crippen LogP contribution in [0.3, 0.4) is 0 Å². The molecule has 0 aromatic carbocycles. The van der Waals surface area contributed by atoms with Crippen LogP contribution in [-0.4, -0.2) is 50.7 Å². The molecule has 0 spiro atoms. The molecule has 118 valence electrons. The summed E-state index contributed by atoms with van der Waals surface area (Å²) < 4.78 is 1.85. The van der Waals surface area contributed by atoms with Gasteiger partial charge in [-0.05, 0) is 32.0 Å². The Morgan fingerprint density at radius 1 is 0.870 bits per heavy atom. The average Bonchev–Trinajstić information content (AvgIpc) is 2.94. The number of aromatic nitrogens is 5. The zero-order valence-corrected chi connectivity index (χ0v) is 13.3. The largest absolute Gasteiger partial charge is 0.352 e. The summed E-state index contributed by atoms with van der Waals surface area (Å²) in [6.07, 6.45) is 3.77. The maximum Gasteiger partial charge on any atom is 0.225 e. The lowest BCUT2D eigenvalue weighted by atomic mass is 10.3. The number of hydrogen-bond donors (Lipinski definition) is 0. The summed E-state index contributed by atoms with van der Waals surface area (Å²) in [5.41, 5.74) is 2.87. The van der Waals surface area contributed by atoms with Crippen molar-refractivity contribution in [3.05, 3.63) is 42.0 Å². The molecule has 0 saturated carbocycles. The summed E-state index contributed by atoms with van der Waals surface area (Å²) in [6.45, 7) is 7.58. The van der Waals surface area contributed by atoms with Gasteiger partial charge in [-0.25, -0.2) is 19.5 Å². The molecule has 23 heavy (non-hydrogen) atoms. The monoisotopic (exact) mass is 309 g/mol. The lowest BCUT2D eigenvalue weighted by Crippen LogP contribution is -2.47. The van der Waals surface area contributed by atoms with E-state index in [1.807, 2.05) is 49.0 Å². The third-order valence-corrected chi connectivity index (χ3v) is 4.10. The van der Waals surface area contributed by atoms with Gasteiger partial charge in [0, 0.05) is 38.1 Å². The van der Waals surface area contributed by atoms with E-state index in [2.05, 4.69) is 29.9 Å². The summed E-state index contributed by atoms with van der Waals surface area (Å²) in [7, 11) is 0. The number of rotatable bonds is 2. The van der Waals surface area contributed by atoms with E-state index >= 15 is 0 Å². The van der Waals surface area contributed by atoms with Crippen LogP contribution in [0.25, 0.3) is 5.65 Å². The van der Waals surface area contributed by atoms with Gasteiger partial charge in [-0.1, -0.05) is 0 Å². The summed E-state index contributed by atoms with van der Waals surface area (Å²) in [5.74, 6) is 1.80. The molecule has 1 aliphatic rings. The lowest BCUT2D eigenvalue weighted by molar-refractivity contribution is 0.629. The van der Waals surface area contributed by atoms with E-state index in [-0.39, 0.29) is 0 Å². The Morgan fingerprint density at radius 3 is 2.43 bits per heavy atom. The van der Waals surface area contributed by atoms with Gasteiger partial charge in [0.15, 0.2) is 5.65 Å². The van der Waals surface area contributed by atoms with Gasteiger partial charge in [-0.2, -0.15) is 0 Å². The van der Waals surface area contributed by atoms with Gasteiger partial charge in [0.2, 0.25) is 5.95 Å². The number of nitrogens with zero attached hydrogens (tertiary/aromatic N) is 7. The van der Waals surface area contributed by atoms with Gasteiger partial charge in [0.1, 0.15) is 5.82 Å². The molecule has 0 unspecified atom stereocenters. The zero-order valence-electron chi connectivity index (χ0n) is 13.3. The third-order valence-electron chi connectivity index (χ3n) is 4.10. The number of hydrogen-bond acceptors (Lipinski definition) is 6. The van der Waals surface area contributed by atoms with E-state index in [1.54, 1.807) is 0 Å². The van der Waals surface area contributed by atoms with Crippen LogP contribution >= 0.6 is 0 Å². The van der Waals surface area contributed by atoms with Gasteiger partial charge in [-0.3, -0.25) is 0 Å². The normalized spacial score (nSPS) is 15.4. The third kappa shape index (κ3) is 2.69. The van der Waals surface area contributed by atoms with Gasteiger partial charge in [-0.15, -0.1) is 5.10 Å². The summed E-state index contributed by atoms with van der Waals surface area (Å²) in [6, 6.07) is 5.98. The molecule has 0 atom stereocenters. The number of imidazole rings is 1. The van der Waals surface area contributed by atoms with Crippen molar-refractivity contribution in [2.24, 2.45) is 0 Å². The van der Waals surface area contributed by atoms with Crippen LogP contribution in [0.15, 0.2) is 30.6 Å². The molecule has 7 heteroatoms. The summed E-state index contributed by atoms with van der Waals surface area (Å²) in [5, 5.41) is 4.66. The second-order valence-corrected chi connectivity index (χ2v) is 5.85. The van der Waals surface area contributed by atoms with E-state index in [0.29, 0.717) is 0 Å². The van der Waals surface area contributed by atoms with Crippen LogP contribution < -0.4 is 9.80 Å². The van der Waals surface area contributed by atoms with Gasteiger partial charge in [0.05, 0.1) is 11.9 Å². The van der Waals surface area contributed by atoms with Gasteiger partial charge < -0.3 is 9.80 Å². The minimum Gasteiger partial charge on any atom is -0.352 e. The Morgan fingerprint density at radius 2 is 1.65 bits per heavy atom. The number of fused-ring (bicyclic) bond motifs is 1. The second kappa shape index (κ2) is 5.49. The molecule has 1 saturated heterocycles. The average molecular weight is 309 g/mol. The van der Waals surface area contributed by atoms with Crippen LogP contribution in [0, 0.1) is 13.8 Å². The van der Waals surface area contributed by atoms with Crippen molar-refractivity contribution >= 4 is 17.4 Å². The molecule has 3 aromatic rings. The minimum absolute atomic E-state index is 0.818.